The van der Waals surface area contributed by atoms with Crippen LogP contribution in [0.5, 0.6) is 11.5 Å². The van der Waals surface area contributed by atoms with E-state index >= 15 is 0 Å². The third-order valence-electron chi connectivity index (χ3n) is 5.01. The average Bonchev–Trinajstić information content (AvgIpc) is 2.67. The maximum absolute atomic E-state index is 14.0. The minimum Gasteiger partial charge on any atom is -0.497 e. The van der Waals surface area contributed by atoms with Crippen LogP contribution < -0.4 is 9.47 Å². The highest BCUT2D eigenvalue weighted by Gasteiger charge is 2.34. The van der Waals surface area contributed by atoms with Gasteiger partial charge < -0.3 is 9.47 Å². The molecule has 2 aromatic carbocycles. The Labute approximate surface area is 161 Å². The van der Waals surface area contributed by atoms with Gasteiger partial charge in [-0.1, -0.05) is 39.7 Å². The quantitative estimate of drug-likeness (QED) is 0.679. The summed E-state index contributed by atoms with van der Waals surface area (Å²) < 4.78 is 24.2. The SMILES string of the molecule is CCCC.COc1ccc2c(c1)CC(C)C(c1ccc(OC)c(F)c1)C2=O. The maximum atomic E-state index is 14.0. The molecule has 2 atom stereocenters. The van der Waals surface area contributed by atoms with Crippen molar-refractivity contribution in [2.45, 2.75) is 46.0 Å². The summed E-state index contributed by atoms with van der Waals surface area (Å²) in [4.78, 5) is 12.9. The standard InChI is InChI=1S/C19H19FO3.C4H10/c1-11-8-13-9-14(22-2)5-6-15(13)19(21)18(11)12-4-7-17(23-3)16(20)10-12;1-3-4-2/h4-7,9-11,18H,8H2,1-3H3;3-4H2,1-2H3. The van der Waals surface area contributed by atoms with Gasteiger partial charge in [0.25, 0.3) is 0 Å². The van der Waals surface area contributed by atoms with Gasteiger partial charge in [-0.2, -0.15) is 0 Å². The second-order valence-electron chi connectivity index (χ2n) is 6.94. The van der Waals surface area contributed by atoms with Crippen molar-refractivity contribution in [3.63, 3.8) is 0 Å². The lowest BCUT2D eigenvalue weighted by Crippen LogP contribution is -2.28. The predicted octanol–water partition coefficient (Wildman–Crippen LogP) is 5.81. The lowest BCUT2D eigenvalue weighted by Gasteiger charge is -2.30. The number of carbonyl (C=O) groups is 1. The summed E-state index contributed by atoms with van der Waals surface area (Å²) in [6.07, 6.45) is 3.40. The molecule has 146 valence electrons. The van der Waals surface area contributed by atoms with Gasteiger partial charge in [0.2, 0.25) is 0 Å². The highest BCUT2D eigenvalue weighted by molar-refractivity contribution is 6.03. The zero-order chi connectivity index (χ0) is 20.0. The van der Waals surface area contributed by atoms with E-state index in [1.165, 1.54) is 26.0 Å². The predicted molar refractivity (Wildman–Crippen MR) is 106 cm³/mol. The van der Waals surface area contributed by atoms with Crippen molar-refractivity contribution in [1.29, 1.82) is 0 Å². The van der Waals surface area contributed by atoms with Crippen LogP contribution in [0.4, 0.5) is 4.39 Å². The molecule has 0 saturated carbocycles. The molecular weight excluding hydrogens is 343 g/mol. The molecule has 0 aromatic heterocycles. The molecule has 2 unspecified atom stereocenters. The molecule has 0 saturated heterocycles. The molecule has 0 fully saturated rings. The Morgan fingerprint density at radius 3 is 2.30 bits per heavy atom. The highest BCUT2D eigenvalue weighted by Crippen LogP contribution is 2.39. The van der Waals surface area contributed by atoms with Crippen molar-refractivity contribution in [3.8, 4) is 11.5 Å². The second kappa shape index (κ2) is 9.54. The molecule has 3 nitrogen and oxygen atoms in total. The van der Waals surface area contributed by atoms with Gasteiger partial charge in [-0.05, 0) is 53.8 Å². The molecule has 27 heavy (non-hydrogen) atoms. The fourth-order valence-corrected chi connectivity index (χ4v) is 3.35. The molecule has 4 heteroatoms. The van der Waals surface area contributed by atoms with Gasteiger partial charge >= 0.3 is 0 Å². The van der Waals surface area contributed by atoms with Gasteiger partial charge in [-0.3, -0.25) is 4.79 Å². The Kier molecular flexibility index (Phi) is 7.40. The Balaban J connectivity index is 0.000000596. The van der Waals surface area contributed by atoms with Gasteiger partial charge in [0.1, 0.15) is 5.75 Å². The van der Waals surface area contributed by atoms with Crippen LogP contribution >= 0.6 is 0 Å². The Hall–Kier alpha value is -2.36. The fourth-order valence-electron chi connectivity index (χ4n) is 3.35. The summed E-state index contributed by atoms with van der Waals surface area (Å²) in [6.45, 7) is 6.38. The topological polar surface area (TPSA) is 35.5 Å². The summed E-state index contributed by atoms with van der Waals surface area (Å²) in [7, 11) is 3.04. The largest absolute Gasteiger partial charge is 0.497 e. The van der Waals surface area contributed by atoms with Gasteiger partial charge in [-0.15, -0.1) is 0 Å². The molecular formula is C23H29FO3. The van der Waals surface area contributed by atoms with Crippen molar-refractivity contribution < 1.29 is 18.7 Å². The summed E-state index contributed by atoms with van der Waals surface area (Å²) in [6, 6.07) is 10.3. The van der Waals surface area contributed by atoms with E-state index in [-0.39, 0.29) is 23.4 Å². The van der Waals surface area contributed by atoms with E-state index in [4.69, 9.17) is 9.47 Å². The molecule has 3 rings (SSSR count). The van der Waals surface area contributed by atoms with E-state index in [1.54, 1.807) is 31.4 Å². The van der Waals surface area contributed by atoms with E-state index in [0.29, 0.717) is 11.1 Å². The first-order chi connectivity index (χ1) is 13.0. The van der Waals surface area contributed by atoms with Crippen molar-refractivity contribution in [3.05, 3.63) is 58.9 Å². The molecule has 1 aliphatic carbocycles. The number of carbonyl (C=O) groups excluding carboxylic acids is 1. The molecule has 0 spiro atoms. The minimum atomic E-state index is -0.439. The molecule has 0 aliphatic heterocycles. The van der Waals surface area contributed by atoms with Gasteiger partial charge in [-0.25, -0.2) is 4.39 Å². The molecule has 0 N–H and O–H groups in total. The average molecular weight is 372 g/mol. The number of Topliss-reactive ketones (excluding diaryl/α,β-unsaturated/α-hetero) is 1. The van der Waals surface area contributed by atoms with Crippen LogP contribution in [0.15, 0.2) is 36.4 Å². The van der Waals surface area contributed by atoms with Crippen molar-refractivity contribution in [1.82, 2.24) is 0 Å². The summed E-state index contributed by atoms with van der Waals surface area (Å²) in [5.41, 5.74) is 2.39. The van der Waals surface area contributed by atoms with Crippen LogP contribution in [0.1, 0.15) is 61.0 Å². The number of hydrogen-bond donors (Lipinski definition) is 0. The molecule has 0 amide bonds. The van der Waals surface area contributed by atoms with Crippen LogP contribution in [0, 0.1) is 11.7 Å². The first-order valence-corrected chi connectivity index (χ1v) is 9.51. The summed E-state index contributed by atoms with van der Waals surface area (Å²) in [5.74, 6) is 0.287. The molecule has 0 heterocycles. The van der Waals surface area contributed by atoms with Crippen molar-refractivity contribution in [2.75, 3.05) is 14.2 Å². The summed E-state index contributed by atoms with van der Waals surface area (Å²) >= 11 is 0. The second-order valence-corrected chi connectivity index (χ2v) is 6.94. The molecule has 0 bridgehead atoms. The number of rotatable bonds is 4. The Morgan fingerprint density at radius 2 is 1.74 bits per heavy atom. The van der Waals surface area contributed by atoms with Crippen molar-refractivity contribution >= 4 is 5.78 Å². The zero-order valence-corrected chi connectivity index (χ0v) is 16.8. The van der Waals surface area contributed by atoms with Gasteiger partial charge in [0.05, 0.1) is 20.1 Å². The lowest BCUT2D eigenvalue weighted by molar-refractivity contribution is 0.0919. The van der Waals surface area contributed by atoms with Crippen LogP contribution in [0.25, 0.3) is 0 Å². The summed E-state index contributed by atoms with van der Waals surface area (Å²) in [5, 5.41) is 0. The number of ketones is 1. The molecule has 0 radical (unpaired) electrons. The first kappa shape index (κ1) is 20.9. The number of unbranched alkanes of at least 4 members (excludes halogenated alkanes) is 1. The van der Waals surface area contributed by atoms with E-state index in [2.05, 4.69) is 13.8 Å². The third kappa shape index (κ3) is 4.68. The van der Waals surface area contributed by atoms with Crippen LogP contribution in [0.3, 0.4) is 0 Å². The van der Waals surface area contributed by atoms with Gasteiger partial charge in [0, 0.05) is 5.56 Å². The Bertz CT molecular complexity index is 783. The number of ether oxygens (including phenoxy) is 2. The number of methoxy groups -OCH3 is 2. The van der Waals surface area contributed by atoms with E-state index in [1.807, 2.05) is 13.0 Å². The lowest BCUT2D eigenvalue weighted by atomic mass is 9.72. The number of halogens is 1. The Morgan fingerprint density at radius 1 is 1.04 bits per heavy atom. The fraction of sp³-hybridized carbons (Fsp3) is 0.435. The highest BCUT2D eigenvalue weighted by atomic mass is 19.1. The first-order valence-electron chi connectivity index (χ1n) is 9.51. The van der Waals surface area contributed by atoms with Crippen LogP contribution in [0.2, 0.25) is 0 Å². The number of fused-ring (bicyclic) bond motifs is 1. The van der Waals surface area contributed by atoms with E-state index < -0.39 is 5.82 Å². The number of hydrogen-bond acceptors (Lipinski definition) is 3. The number of benzene rings is 2. The molecule has 2 aromatic rings. The van der Waals surface area contributed by atoms with Gasteiger partial charge in [0.15, 0.2) is 17.3 Å². The third-order valence-corrected chi connectivity index (χ3v) is 5.01. The molecule has 1 aliphatic rings. The van der Waals surface area contributed by atoms with Crippen molar-refractivity contribution in [2.24, 2.45) is 5.92 Å². The van der Waals surface area contributed by atoms with Crippen LogP contribution in [-0.2, 0) is 6.42 Å². The normalized spacial score (nSPS) is 18.2. The smallest absolute Gasteiger partial charge is 0.170 e. The monoisotopic (exact) mass is 372 g/mol. The maximum Gasteiger partial charge on any atom is 0.170 e. The zero-order valence-electron chi connectivity index (χ0n) is 16.8. The van der Waals surface area contributed by atoms with E-state index in [0.717, 1.165) is 17.7 Å². The van der Waals surface area contributed by atoms with Crippen LogP contribution in [-0.4, -0.2) is 20.0 Å². The van der Waals surface area contributed by atoms with E-state index in [9.17, 15) is 9.18 Å². The minimum absolute atomic E-state index is 0.0333.